The van der Waals surface area contributed by atoms with E-state index in [1.807, 2.05) is 28.1 Å². The van der Waals surface area contributed by atoms with Crippen LogP contribution < -0.4 is 4.90 Å². The number of aromatic nitrogens is 2. The van der Waals surface area contributed by atoms with Gasteiger partial charge in [0.15, 0.2) is 5.13 Å². The van der Waals surface area contributed by atoms with Crippen molar-refractivity contribution in [2.45, 2.75) is 31.8 Å². The second-order valence-corrected chi connectivity index (χ2v) is 8.37. The number of rotatable bonds is 4. The van der Waals surface area contributed by atoms with E-state index in [0.29, 0.717) is 6.04 Å². The Balaban J connectivity index is 1.36. The number of piperazine rings is 1. The molecule has 0 aliphatic carbocycles. The number of hydrogen-bond acceptors (Lipinski definition) is 7. The van der Waals surface area contributed by atoms with Crippen LogP contribution in [-0.2, 0) is 4.79 Å². The second kappa shape index (κ2) is 7.39. The van der Waals surface area contributed by atoms with Crippen LogP contribution in [0.5, 0.6) is 0 Å². The molecular weight excluding hydrogens is 354 g/mol. The van der Waals surface area contributed by atoms with E-state index in [9.17, 15) is 4.79 Å². The fraction of sp³-hybridized carbons (Fsp3) is 0.588. The summed E-state index contributed by atoms with van der Waals surface area (Å²) in [7, 11) is 0. The van der Waals surface area contributed by atoms with Crippen LogP contribution in [0.1, 0.15) is 30.8 Å². The molecule has 2 atom stereocenters. The number of nitrogens with zero attached hydrogens (tertiary/aromatic N) is 5. The zero-order valence-corrected chi connectivity index (χ0v) is 16.0. The van der Waals surface area contributed by atoms with Gasteiger partial charge in [-0.05, 0) is 19.8 Å². The number of amides is 1. The maximum absolute atomic E-state index is 13.0. The SMILES string of the molecule is CC(c1nccs1)N1CCN(C(=O)C2CCCN2c2nccs2)CC1. The van der Waals surface area contributed by atoms with E-state index in [1.54, 1.807) is 22.7 Å². The van der Waals surface area contributed by atoms with Crippen LogP contribution in [0.3, 0.4) is 0 Å². The van der Waals surface area contributed by atoms with Gasteiger partial charge in [0.05, 0.1) is 6.04 Å². The smallest absolute Gasteiger partial charge is 0.245 e. The van der Waals surface area contributed by atoms with Crippen molar-refractivity contribution < 1.29 is 4.79 Å². The number of thiazole rings is 2. The third kappa shape index (κ3) is 3.43. The Kier molecular flexibility index (Phi) is 5.00. The van der Waals surface area contributed by atoms with Gasteiger partial charge in [0.2, 0.25) is 5.91 Å². The van der Waals surface area contributed by atoms with Gasteiger partial charge >= 0.3 is 0 Å². The van der Waals surface area contributed by atoms with Crippen molar-refractivity contribution >= 4 is 33.7 Å². The largest absolute Gasteiger partial charge is 0.338 e. The predicted molar refractivity (Wildman–Crippen MR) is 101 cm³/mol. The fourth-order valence-corrected chi connectivity index (χ4v) is 5.20. The molecule has 0 aromatic carbocycles. The quantitative estimate of drug-likeness (QED) is 0.819. The van der Waals surface area contributed by atoms with Crippen LogP contribution in [0.15, 0.2) is 23.2 Å². The molecule has 0 radical (unpaired) electrons. The van der Waals surface area contributed by atoms with E-state index in [2.05, 4.69) is 26.7 Å². The normalized spacial score (nSPS) is 23.2. The van der Waals surface area contributed by atoms with Gasteiger partial charge in [0, 0.05) is 55.9 Å². The molecule has 0 saturated carbocycles. The molecule has 0 bridgehead atoms. The van der Waals surface area contributed by atoms with E-state index in [4.69, 9.17) is 0 Å². The van der Waals surface area contributed by atoms with Gasteiger partial charge in [-0.2, -0.15) is 0 Å². The van der Waals surface area contributed by atoms with Gasteiger partial charge in [-0.25, -0.2) is 9.97 Å². The third-order valence-corrected chi connectivity index (χ3v) is 6.94. The lowest BCUT2D eigenvalue weighted by molar-refractivity contribution is -0.134. The predicted octanol–water partition coefficient (Wildman–Crippen LogP) is 2.47. The van der Waals surface area contributed by atoms with Crippen LogP contribution in [0.4, 0.5) is 5.13 Å². The van der Waals surface area contributed by atoms with Crippen LogP contribution in [0.25, 0.3) is 0 Å². The summed E-state index contributed by atoms with van der Waals surface area (Å²) in [6, 6.07) is 0.296. The first-order valence-corrected chi connectivity index (χ1v) is 10.6. The topological polar surface area (TPSA) is 52.6 Å². The van der Waals surface area contributed by atoms with Crippen LogP contribution in [0, 0.1) is 0 Å². The highest BCUT2D eigenvalue weighted by molar-refractivity contribution is 7.13. The van der Waals surface area contributed by atoms with Gasteiger partial charge in [-0.1, -0.05) is 0 Å². The average molecular weight is 378 g/mol. The lowest BCUT2D eigenvalue weighted by atomic mass is 10.1. The molecule has 4 heterocycles. The number of hydrogen-bond donors (Lipinski definition) is 0. The van der Waals surface area contributed by atoms with Crippen molar-refractivity contribution in [2.75, 3.05) is 37.6 Å². The lowest BCUT2D eigenvalue weighted by Crippen LogP contribution is -2.54. The Morgan fingerprint density at radius 2 is 1.88 bits per heavy atom. The highest BCUT2D eigenvalue weighted by Crippen LogP contribution is 2.29. The summed E-state index contributed by atoms with van der Waals surface area (Å²) in [5.74, 6) is 0.272. The minimum absolute atomic E-state index is 0.0333. The number of anilines is 1. The van der Waals surface area contributed by atoms with Crippen molar-refractivity contribution in [1.82, 2.24) is 19.8 Å². The number of carbonyl (C=O) groups excluding carboxylic acids is 1. The molecule has 0 spiro atoms. The first-order chi connectivity index (χ1) is 12.2. The van der Waals surface area contributed by atoms with Crippen LogP contribution in [-0.4, -0.2) is 64.4 Å². The molecule has 4 rings (SSSR count). The maximum atomic E-state index is 13.0. The monoisotopic (exact) mass is 377 g/mol. The molecule has 1 amide bonds. The molecule has 2 unspecified atom stereocenters. The highest BCUT2D eigenvalue weighted by atomic mass is 32.1. The molecule has 2 aromatic heterocycles. The van der Waals surface area contributed by atoms with Crippen LogP contribution in [0.2, 0.25) is 0 Å². The standard InChI is InChI=1S/C17H23N5OS2/c1-13(15-18-4-11-24-15)20-7-9-21(10-8-20)16(23)14-3-2-6-22(14)17-19-5-12-25-17/h4-5,11-14H,2-3,6-10H2,1H3. The van der Waals surface area contributed by atoms with Crippen molar-refractivity contribution in [3.63, 3.8) is 0 Å². The van der Waals surface area contributed by atoms with Crippen molar-refractivity contribution in [3.05, 3.63) is 28.2 Å². The van der Waals surface area contributed by atoms with Gasteiger partial charge < -0.3 is 9.80 Å². The van der Waals surface area contributed by atoms with Crippen molar-refractivity contribution in [3.8, 4) is 0 Å². The van der Waals surface area contributed by atoms with Gasteiger partial charge in [-0.15, -0.1) is 22.7 Å². The first kappa shape index (κ1) is 16.9. The number of carbonyl (C=O) groups is 1. The molecule has 2 saturated heterocycles. The summed E-state index contributed by atoms with van der Waals surface area (Å²) in [5.41, 5.74) is 0. The molecule has 0 N–H and O–H groups in total. The summed E-state index contributed by atoms with van der Waals surface area (Å²) >= 11 is 3.33. The molecule has 2 aromatic rings. The Hall–Kier alpha value is -1.51. The van der Waals surface area contributed by atoms with Crippen LogP contribution >= 0.6 is 22.7 Å². The summed E-state index contributed by atoms with van der Waals surface area (Å²) in [4.78, 5) is 28.5. The Morgan fingerprint density at radius 3 is 2.56 bits per heavy atom. The molecular formula is C17H23N5OS2. The summed E-state index contributed by atoms with van der Waals surface area (Å²) in [6.07, 6.45) is 5.69. The Bertz CT molecular complexity index is 682. The van der Waals surface area contributed by atoms with Gasteiger partial charge in [0.1, 0.15) is 11.0 Å². The molecule has 2 aliphatic rings. The van der Waals surface area contributed by atoms with E-state index in [0.717, 1.165) is 55.7 Å². The van der Waals surface area contributed by atoms with Crippen molar-refractivity contribution in [2.24, 2.45) is 0 Å². The molecule has 2 fully saturated rings. The minimum Gasteiger partial charge on any atom is -0.338 e. The molecule has 2 aliphatic heterocycles. The van der Waals surface area contributed by atoms with E-state index < -0.39 is 0 Å². The highest BCUT2D eigenvalue weighted by Gasteiger charge is 2.36. The summed E-state index contributed by atoms with van der Waals surface area (Å²) < 4.78 is 0. The fourth-order valence-electron chi connectivity index (χ4n) is 3.75. The molecule has 25 heavy (non-hydrogen) atoms. The first-order valence-electron chi connectivity index (χ1n) is 8.82. The van der Waals surface area contributed by atoms with E-state index in [-0.39, 0.29) is 11.9 Å². The molecule has 134 valence electrons. The second-order valence-electron chi connectivity index (χ2n) is 6.57. The summed E-state index contributed by atoms with van der Waals surface area (Å²) in [5, 5.41) is 6.14. The zero-order chi connectivity index (χ0) is 17.2. The van der Waals surface area contributed by atoms with E-state index in [1.165, 1.54) is 0 Å². The maximum Gasteiger partial charge on any atom is 0.245 e. The molecule has 6 nitrogen and oxygen atoms in total. The minimum atomic E-state index is -0.0333. The van der Waals surface area contributed by atoms with E-state index >= 15 is 0 Å². The zero-order valence-electron chi connectivity index (χ0n) is 14.4. The Labute approximate surface area is 156 Å². The third-order valence-electron chi connectivity index (χ3n) is 5.19. The van der Waals surface area contributed by atoms with Crippen molar-refractivity contribution in [1.29, 1.82) is 0 Å². The Morgan fingerprint density at radius 1 is 1.12 bits per heavy atom. The average Bonchev–Trinajstić information content (AvgIpc) is 3.42. The lowest BCUT2D eigenvalue weighted by Gasteiger charge is -2.39. The molecule has 8 heteroatoms. The summed E-state index contributed by atoms with van der Waals surface area (Å²) in [6.45, 7) is 6.57. The van der Waals surface area contributed by atoms with Gasteiger partial charge in [0.25, 0.3) is 0 Å². The van der Waals surface area contributed by atoms with Gasteiger partial charge in [-0.3, -0.25) is 9.69 Å².